The van der Waals surface area contributed by atoms with Crippen molar-refractivity contribution in [2.75, 3.05) is 42.6 Å². The fourth-order valence-corrected chi connectivity index (χ4v) is 4.18. The molecule has 116 valence electrons. The average molecular weight is 310 g/mol. The molecule has 3 rings (SSSR count). The van der Waals surface area contributed by atoms with E-state index in [1.54, 1.807) is 0 Å². The lowest BCUT2D eigenvalue weighted by molar-refractivity contribution is 0.185. The average Bonchev–Trinajstić information content (AvgIpc) is 2.56. The van der Waals surface area contributed by atoms with E-state index in [2.05, 4.69) is 19.8 Å². The normalized spacial score (nSPS) is 21.7. The number of thioether (sulfide) groups is 1. The fourth-order valence-electron chi connectivity index (χ4n) is 3.25. The molecule has 21 heavy (non-hydrogen) atoms. The van der Waals surface area contributed by atoms with E-state index in [0.717, 1.165) is 25.9 Å². The molecule has 0 unspecified atom stereocenters. The Hall–Kier alpha value is -0.880. The van der Waals surface area contributed by atoms with Gasteiger partial charge in [-0.1, -0.05) is 6.92 Å². The minimum absolute atomic E-state index is 0.229. The molecule has 3 heterocycles. The Morgan fingerprint density at radius 3 is 2.57 bits per heavy atom. The first kappa shape index (κ1) is 15.0. The van der Waals surface area contributed by atoms with Gasteiger partial charge >= 0.3 is 0 Å². The van der Waals surface area contributed by atoms with Crippen molar-refractivity contribution in [2.45, 2.75) is 32.2 Å². The van der Waals surface area contributed by atoms with Crippen LogP contribution in [0.4, 0.5) is 10.2 Å². The molecule has 0 aliphatic carbocycles. The van der Waals surface area contributed by atoms with Gasteiger partial charge in [-0.3, -0.25) is 4.90 Å². The van der Waals surface area contributed by atoms with Crippen molar-refractivity contribution >= 4 is 17.6 Å². The highest BCUT2D eigenvalue weighted by molar-refractivity contribution is 7.99. The van der Waals surface area contributed by atoms with Gasteiger partial charge in [0, 0.05) is 43.7 Å². The van der Waals surface area contributed by atoms with E-state index in [0.29, 0.717) is 24.0 Å². The van der Waals surface area contributed by atoms with E-state index in [-0.39, 0.29) is 5.82 Å². The van der Waals surface area contributed by atoms with Gasteiger partial charge < -0.3 is 4.90 Å². The second kappa shape index (κ2) is 6.92. The minimum Gasteiger partial charge on any atom is -0.354 e. The van der Waals surface area contributed by atoms with Crippen molar-refractivity contribution < 1.29 is 4.39 Å². The molecule has 0 saturated carbocycles. The quantitative estimate of drug-likeness (QED) is 0.854. The highest BCUT2D eigenvalue weighted by Gasteiger charge is 2.27. The summed E-state index contributed by atoms with van der Waals surface area (Å²) in [6.45, 7) is 6.13. The van der Waals surface area contributed by atoms with Gasteiger partial charge in [-0.15, -0.1) is 0 Å². The Bertz CT molecular complexity index is 471. The first-order chi connectivity index (χ1) is 10.3. The maximum Gasteiger partial charge on any atom is 0.187 e. The molecule has 0 aromatic carbocycles. The standard InChI is InChI=1S/C15H23FN4S/c1-2-13-14(16)15(18-11-17-13)20-5-3-12(4-6-20)19-7-9-21-10-8-19/h11-12H,2-10H2,1H3. The number of nitrogens with zero attached hydrogens (tertiary/aromatic N) is 4. The topological polar surface area (TPSA) is 32.3 Å². The molecule has 0 radical (unpaired) electrons. The van der Waals surface area contributed by atoms with Crippen LogP contribution in [-0.4, -0.2) is 58.6 Å². The van der Waals surface area contributed by atoms with Crippen LogP contribution in [0.1, 0.15) is 25.5 Å². The molecule has 1 aromatic rings. The molecule has 2 fully saturated rings. The third-order valence-electron chi connectivity index (χ3n) is 4.50. The number of halogens is 1. The van der Waals surface area contributed by atoms with Crippen LogP contribution in [-0.2, 0) is 6.42 Å². The van der Waals surface area contributed by atoms with Crippen LogP contribution >= 0.6 is 11.8 Å². The Morgan fingerprint density at radius 1 is 1.19 bits per heavy atom. The van der Waals surface area contributed by atoms with E-state index in [1.165, 1.54) is 30.9 Å². The molecule has 0 N–H and O–H groups in total. The van der Waals surface area contributed by atoms with Crippen LogP contribution < -0.4 is 4.90 Å². The second-order valence-electron chi connectivity index (χ2n) is 5.68. The Morgan fingerprint density at radius 2 is 1.90 bits per heavy atom. The highest BCUT2D eigenvalue weighted by Crippen LogP contribution is 2.25. The molecule has 2 aliphatic rings. The monoisotopic (exact) mass is 310 g/mol. The Kier molecular flexibility index (Phi) is 4.95. The number of rotatable bonds is 3. The van der Waals surface area contributed by atoms with Gasteiger partial charge in [-0.25, -0.2) is 14.4 Å². The first-order valence-electron chi connectivity index (χ1n) is 7.85. The minimum atomic E-state index is -0.229. The number of aryl methyl sites for hydroxylation is 1. The maximum atomic E-state index is 14.3. The van der Waals surface area contributed by atoms with Gasteiger partial charge in [-0.2, -0.15) is 11.8 Å². The zero-order chi connectivity index (χ0) is 14.7. The van der Waals surface area contributed by atoms with Crippen LogP contribution in [0.3, 0.4) is 0 Å². The van der Waals surface area contributed by atoms with Crippen LogP contribution in [0.15, 0.2) is 6.33 Å². The summed E-state index contributed by atoms with van der Waals surface area (Å²) < 4.78 is 14.3. The summed E-state index contributed by atoms with van der Waals surface area (Å²) in [7, 11) is 0. The lowest BCUT2D eigenvalue weighted by atomic mass is 10.0. The lowest BCUT2D eigenvalue weighted by Gasteiger charge is -2.40. The smallest absolute Gasteiger partial charge is 0.187 e. The van der Waals surface area contributed by atoms with Crippen molar-refractivity contribution in [1.82, 2.24) is 14.9 Å². The Balaban J connectivity index is 1.63. The molecule has 6 heteroatoms. The summed E-state index contributed by atoms with van der Waals surface area (Å²) in [6.07, 6.45) is 4.32. The highest BCUT2D eigenvalue weighted by atomic mass is 32.2. The van der Waals surface area contributed by atoms with E-state index in [9.17, 15) is 4.39 Å². The van der Waals surface area contributed by atoms with Gasteiger partial charge in [-0.05, 0) is 19.3 Å². The summed E-state index contributed by atoms with van der Waals surface area (Å²) in [5.41, 5.74) is 0.523. The molecule has 2 aliphatic heterocycles. The van der Waals surface area contributed by atoms with Crippen LogP contribution in [0.2, 0.25) is 0 Å². The van der Waals surface area contributed by atoms with Crippen LogP contribution in [0, 0.1) is 5.82 Å². The number of hydrogen-bond acceptors (Lipinski definition) is 5. The number of anilines is 1. The maximum absolute atomic E-state index is 14.3. The summed E-state index contributed by atoms with van der Waals surface area (Å²) in [5.74, 6) is 2.77. The van der Waals surface area contributed by atoms with E-state index >= 15 is 0 Å². The molecule has 0 amide bonds. The molecule has 0 bridgehead atoms. The molecule has 0 atom stereocenters. The molecular weight excluding hydrogens is 287 g/mol. The first-order valence-corrected chi connectivity index (χ1v) is 9.01. The summed E-state index contributed by atoms with van der Waals surface area (Å²) in [5, 5.41) is 0. The Labute approximate surface area is 130 Å². The van der Waals surface area contributed by atoms with Gasteiger partial charge in [0.25, 0.3) is 0 Å². The zero-order valence-electron chi connectivity index (χ0n) is 12.6. The van der Waals surface area contributed by atoms with Gasteiger partial charge in [0.15, 0.2) is 11.6 Å². The zero-order valence-corrected chi connectivity index (χ0v) is 13.4. The lowest BCUT2D eigenvalue weighted by Crippen LogP contribution is -2.48. The van der Waals surface area contributed by atoms with Crippen molar-refractivity contribution in [1.29, 1.82) is 0 Å². The van der Waals surface area contributed by atoms with Gasteiger partial charge in [0.05, 0.1) is 5.69 Å². The van der Waals surface area contributed by atoms with E-state index in [1.807, 2.05) is 18.7 Å². The summed E-state index contributed by atoms with van der Waals surface area (Å²) >= 11 is 2.05. The van der Waals surface area contributed by atoms with Crippen molar-refractivity contribution in [3.8, 4) is 0 Å². The molecule has 1 aromatic heterocycles. The molecular formula is C15H23FN4S. The SMILES string of the molecule is CCc1ncnc(N2CCC(N3CCSCC3)CC2)c1F. The van der Waals surface area contributed by atoms with Crippen molar-refractivity contribution in [3.05, 3.63) is 17.8 Å². The van der Waals surface area contributed by atoms with E-state index in [4.69, 9.17) is 0 Å². The third kappa shape index (κ3) is 3.31. The van der Waals surface area contributed by atoms with Crippen molar-refractivity contribution in [2.24, 2.45) is 0 Å². The molecule has 4 nitrogen and oxygen atoms in total. The number of piperidine rings is 1. The van der Waals surface area contributed by atoms with E-state index < -0.39 is 0 Å². The predicted molar refractivity (Wildman–Crippen MR) is 85.5 cm³/mol. The summed E-state index contributed by atoms with van der Waals surface area (Å²) in [6, 6.07) is 0.665. The number of aromatic nitrogens is 2. The largest absolute Gasteiger partial charge is 0.354 e. The fraction of sp³-hybridized carbons (Fsp3) is 0.733. The third-order valence-corrected chi connectivity index (χ3v) is 5.45. The van der Waals surface area contributed by atoms with Crippen molar-refractivity contribution in [3.63, 3.8) is 0 Å². The summed E-state index contributed by atoms with van der Waals surface area (Å²) in [4.78, 5) is 12.9. The number of hydrogen-bond donors (Lipinski definition) is 0. The second-order valence-corrected chi connectivity index (χ2v) is 6.90. The van der Waals surface area contributed by atoms with Gasteiger partial charge in [0.1, 0.15) is 6.33 Å². The van der Waals surface area contributed by atoms with Crippen LogP contribution in [0.25, 0.3) is 0 Å². The van der Waals surface area contributed by atoms with Crippen LogP contribution in [0.5, 0.6) is 0 Å². The molecule has 0 spiro atoms. The molecule has 2 saturated heterocycles. The predicted octanol–water partition coefficient (Wildman–Crippen LogP) is 2.20. The van der Waals surface area contributed by atoms with Gasteiger partial charge in [0.2, 0.25) is 0 Å².